The van der Waals surface area contributed by atoms with Crippen molar-refractivity contribution >= 4 is 11.9 Å². The maximum Gasteiger partial charge on any atom is 0.362 e. The summed E-state index contributed by atoms with van der Waals surface area (Å²) in [4.78, 5) is 27.6. The molecule has 0 aromatic rings. The Hall–Kier alpha value is -1.40. The van der Waals surface area contributed by atoms with Gasteiger partial charge in [0, 0.05) is 10.8 Å². The molecule has 0 N–H and O–H groups in total. The number of esters is 2. The standard InChI is InChI=1S/C66H122N2O4/c1-14-16-18-20-22-24-26-28-30-32-34-36-48-67(10,11)50-59(69)71-52-66-45-40-54(53(3)4)61(66)55-38-39-57-63(7)43-42-58(62(5,6)56(63)41-44-65(57,9)64(55,8)46-47-66)72-60(70)51-68(12,13)49-37-35-33-31-29-27-25-23-21-19-17-15-2/h54-58,61H,3,14-52H2,1-2,4-13H3/q+2/t54-,55?,56?,57?,58-,61?,63-,64+,65+,66+/m0/s1. The van der Waals surface area contributed by atoms with Crippen molar-refractivity contribution in [2.75, 3.05) is 61.0 Å². The molecule has 5 rings (SSSR count). The van der Waals surface area contributed by atoms with E-state index in [2.05, 4.69) is 90.2 Å². The van der Waals surface area contributed by atoms with Gasteiger partial charge in [-0.25, -0.2) is 9.59 Å². The van der Waals surface area contributed by atoms with Crippen molar-refractivity contribution in [2.24, 2.45) is 56.7 Å². The first kappa shape index (κ1) is 61.5. The molecule has 10 atom stereocenters. The van der Waals surface area contributed by atoms with Gasteiger partial charge in [0.05, 0.1) is 47.9 Å². The van der Waals surface area contributed by atoms with Crippen LogP contribution in [-0.2, 0) is 19.1 Å². The van der Waals surface area contributed by atoms with Gasteiger partial charge in [-0.05, 0) is 143 Å². The minimum absolute atomic E-state index is 0.00239. The highest BCUT2D eigenvalue weighted by Gasteiger charge is 2.71. The maximum atomic E-state index is 13.8. The SMILES string of the molecule is C=C(C)[C@@H]1CC[C@]2(COC(=O)C[N+](C)(C)CCCCCCCCCCCCCC)CC[C@]3(C)C(CCC4[C@@]5(C)CC[C@H](OC(=O)C[N+](C)(C)CCCCCCCCCCCCCC)C(C)(C)C5CC[C@]43C)C12. The van der Waals surface area contributed by atoms with E-state index >= 15 is 0 Å². The van der Waals surface area contributed by atoms with Crippen LogP contribution in [0.25, 0.3) is 0 Å². The van der Waals surface area contributed by atoms with Crippen molar-refractivity contribution < 1.29 is 28.0 Å². The van der Waals surface area contributed by atoms with Gasteiger partial charge in [-0.3, -0.25) is 0 Å². The molecule has 4 unspecified atom stereocenters. The average Bonchev–Trinajstić information content (AvgIpc) is 3.70. The van der Waals surface area contributed by atoms with Crippen LogP contribution in [0, 0.1) is 56.7 Å². The monoisotopic (exact) mass is 1010 g/mol. The third kappa shape index (κ3) is 15.6. The molecular formula is C66H122N2O4+2. The smallest absolute Gasteiger partial charge is 0.362 e. The zero-order valence-electron chi connectivity index (χ0n) is 50.3. The van der Waals surface area contributed by atoms with E-state index in [0.717, 1.165) is 41.3 Å². The van der Waals surface area contributed by atoms with Crippen molar-refractivity contribution in [1.29, 1.82) is 0 Å². The van der Waals surface area contributed by atoms with Crippen LogP contribution in [0.4, 0.5) is 0 Å². The van der Waals surface area contributed by atoms with Gasteiger partial charge in [-0.15, -0.1) is 0 Å². The largest absolute Gasteiger partial charge is 0.461 e. The second kappa shape index (κ2) is 27.8. The number of hydrogen-bond acceptors (Lipinski definition) is 4. The van der Waals surface area contributed by atoms with Crippen LogP contribution in [-0.4, -0.2) is 88.0 Å². The Morgan fingerprint density at radius 3 is 1.47 bits per heavy atom. The lowest BCUT2D eigenvalue weighted by Gasteiger charge is -2.73. The van der Waals surface area contributed by atoms with Crippen molar-refractivity contribution in [2.45, 2.75) is 280 Å². The number of quaternary nitrogens is 2. The molecule has 0 spiro atoms. The van der Waals surface area contributed by atoms with Gasteiger partial charge in [0.25, 0.3) is 0 Å². The Labute approximate surface area is 447 Å². The molecule has 0 aliphatic heterocycles. The van der Waals surface area contributed by atoms with Crippen LogP contribution in [0.2, 0.25) is 0 Å². The zero-order chi connectivity index (χ0) is 52.7. The number of rotatable bonds is 34. The molecule has 5 saturated carbocycles. The lowest BCUT2D eigenvalue weighted by atomic mass is 9.32. The van der Waals surface area contributed by atoms with E-state index in [0.29, 0.717) is 49.3 Å². The number of carbonyl (C=O) groups is 2. The number of likely N-dealkylation sites (N-methyl/N-ethyl adjacent to an activating group) is 2. The summed E-state index contributed by atoms with van der Waals surface area (Å²) in [6.45, 7) is 28.2. The molecule has 5 aliphatic carbocycles. The predicted molar refractivity (Wildman–Crippen MR) is 306 cm³/mol. The minimum Gasteiger partial charge on any atom is -0.461 e. The molecule has 0 aromatic carbocycles. The van der Waals surface area contributed by atoms with Crippen LogP contribution in [0.3, 0.4) is 0 Å². The molecular weight excluding hydrogens is 885 g/mol. The Kier molecular flexibility index (Phi) is 23.7. The van der Waals surface area contributed by atoms with E-state index in [-0.39, 0.29) is 45.1 Å². The zero-order valence-corrected chi connectivity index (χ0v) is 50.3. The Balaban J connectivity index is 1.11. The Morgan fingerprint density at radius 1 is 0.514 bits per heavy atom. The molecule has 0 aromatic heterocycles. The fraction of sp³-hybridized carbons (Fsp3) is 0.939. The van der Waals surface area contributed by atoms with Gasteiger partial charge in [0.1, 0.15) is 6.10 Å². The first-order chi connectivity index (χ1) is 34.1. The molecule has 6 nitrogen and oxygen atoms in total. The fourth-order valence-corrected chi connectivity index (χ4v) is 17.8. The second-order valence-corrected chi connectivity index (χ2v) is 29.0. The average molecular weight is 1010 g/mol. The van der Waals surface area contributed by atoms with E-state index < -0.39 is 0 Å². The van der Waals surface area contributed by atoms with Crippen molar-refractivity contribution in [3.05, 3.63) is 12.2 Å². The van der Waals surface area contributed by atoms with Crippen LogP contribution in [0.15, 0.2) is 12.2 Å². The van der Waals surface area contributed by atoms with Crippen LogP contribution < -0.4 is 0 Å². The summed E-state index contributed by atoms with van der Waals surface area (Å²) in [7, 11) is 8.93. The molecule has 418 valence electrons. The number of unbranched alkanes of at least 4 members (excludes halogenated alkanes) is 22. The summed E-state index contributed by atoms with van der Waals surface area (Å²) in [6, 6.07) is 0. The molecule has 0 radical (unpaired) electrons. The molecule has 5 aliphatic rings. The molecule has 0 heterocycles. The van der Waals surface area contributed by atoms with Crippen LogP contribution in [0.1, 0.15) is 274 Å². The minimum atomic E-state index is -0.0591. The van der Waals surface area contributed by atoms with E-state index in [1.807, 2.05) is 0 Å². The molecule has 0 saturated heterocycles. The third-order valence-corrected chi connectivity index (χ3v) is 22.3. The first-order valence-electron chi connectivity index (χ1n) is 31.8. The van der Waals surface area contributed by atoms with Crippen molar-refractivity contribution in [3.63, 3.8) is 0 Å². The van der Waals surface area contributed by atoms with E-state index in [1.165, 1.54) is 205 Å². The van der Waals surface area contributed by atoms with E-state index in [9.17, 15) is 9.59 Å². The number of carbonyl (C=O) groups excluding carboxylic acids is 2. The molecule has 0 amide bonds. The highest BCUT2D eigenvalue weighted by atomic mass is 16.5. The molecule has 0 bridgehead atoms. The predicted octanol–water partition coefficient (Wildman–Crippen LogP) is 17.7. The third-order valence-electron chi connectivity index (χ3n) is 22.3. The van der Waals surface area contributed by atoms with Crippen molar-refractivity contribution in [1.82, 2.24) is 0 Å². The fourth-order valence-electron chi connectivity index (χ4n) is 17.8. The van der Waals surface area contributed by atoms with E-state index in [4.69, 9.17) is 9.47 Å². The number of hydrogen-bond donors (Lipinski definition) is 0. The number of fused-ring (bicyclic) bond motifs is 7. The summed E-state index contributed by atoms with van der Waals surface area (Å²) in [5.74, 6) is 2.87. The van der Waals surface area contributed by atoms with Gasteiger partial charge in [-0.2, -0.15) is 0 Å². The summed E-state index contributed by atoms with van der Waals surface area (Å²) in [6.07, 6.45) is 44.5. The lowest BCUT2D eigenvalue weighted by molar-refractivity contribution is -0.883. The topological polar surface area (TPSA) is 52.6 Å². The molecule has 6 heteroatoms. The second-order valence-electron chi connectivity index (χ2n) is 29.0. The summed E-state index contributed by atoms with van der Waals surface area (Å²) in [5.41, 5.74) is 2.06. The lowest BCUT2D eigenvalue weighted by Crippen LogP contribution is -2.67. The van der Waals surface area contributed by atoms with Gasteiger partial charge in [-0.1, -0.05) is 189 Å². The Bertz CT molecular complexity index is 1650. The number of ether oxygens (including phenoxy) is 2. The van der Waals surface area contributed by atoms with E-state index in [1.54, 1.807) is 0 Å². The summed E-state index contributed by atoms with van der Waals surface area (Å²) in [5, 5.41) is 0. The Morgan fingerprint density at radius 2 is 0.986 bits per heavy atom. The van der Waals surface area contributed by atoms with Crippen LogP contribution >= 0.6 is 0 Å². The van der Waals surface area contributed by atoms with Gasteiger partial charge in [0.2, 0.25) is 0 Å². The normalized spacial score (nSPS) is 32.1. The number of allylic oxidation sites excluding steroid dienone is 1. The maximum absolute atomic E-state index is 13.8. The highest BCUT2D eigenvalue weighted by molar-refractivity contribution is 5.71. The van der Waals surface area contributed by atoms with Crippen molar-refractivity contribution in [3.8, 4) is 0 Å². The first-order valence-corrected chi connectivity index (χ1v) is 31.8. The van der Waals surface area contributed by atoms with Gasteiger partial charge in [0.15, 0.2) is 13.1 Å². The van der Waals surface area contributed by atoms with Crippen LogP contribution in [0.5, 0.6) is 0 Å². The summed E-state index contributed by atoms with van der Waals surface area (Å²) < 4.78 is 14.6. The number of nitrogens with zero attached hydrogens (tertiary/aromatic N) is 2. The highest BCUT2D eigenvalue weighted by Crippen LogP contribution is 2.77. The quantitative estimate of drug-likeness (QED) is 0.0279. The molecule has 72 heavy (non-hydrogen) atoms. The van der Waals surface area contributed by atoms with Gasteiger partial charge < -0.3 is 18.4 Å². The summed E-state index contributed by atoms with van der Waals surface area (Å²) >= 11 is 0. The molecule has 5 fully saturated rings. The van der Waals surface area contributed by atoms with Gasteiger partial charge >= 0.3 is 11.9 Å².